The van der Waals surface area contributed by atoms with Crippen LogP contribution >= 0.6 is 22.6 Å². The number of hydrogen-bond donors (Lipinski definition) is 0. The van der Waals surface area contributed by atoms with Crippen LogP contribution in [-0.2, 0) is 4.79 Å². The van der Waals surface area contributed by atoms with E-state index in [1.54, 1.807) is 0 Å². The third kappa shape index (κ3) is 3.59. The van der Waals surface area contributed by atoms with E-state index in [9.17, 15) is 4.79 Å². The minimum Gasteiger partial charge on any atom is -0.303 e. The second kappa shape index (κ2) is 6.26. The minimum atomic E-state index is 0.337. The summed E-state index contributed by atoms with van der Waals surface area (Å²) in [5.74, 6) is 0.929. The van der Waals surface area contributed by atoms with Crippen molar-refractivity contribution in [3.8, 4) is 0 Å². The fourth-order valence-electron chi connectivity index (χ4n) is 1.54. The Morgan fingerprint density at radius 2 is 1.87 bits per heavy atom. The topological polar surface area (TPSA) is 17.1 Å². The lowest BCUT2D eigenvalue weighted by atomic mass is 9.93. The Kier molecular flexibility index (Phi) is 5.29. The smallest absolute Gasteiger partial charge is 0.120 e. The van der Waals surface area contributed by atoms with Gasteiger partial charge in [-0.3, -0.25) is 0 Å². The molecule has 1 rings (SSSR count). The standard InChI is InChI=1S/C13H17IO/c1-10(6-7-15)12-4-3-5-13(8-12)11(2)9-14/h3-5,7-8,10-11H,6,9H2,1-2H3. The Morgan fingerprint density at radius 1 is 1.27 bits per heavy atom. The quantitative estimate of drug-likeness (QED) is 0.457. The second-order valence-electron chi connectivity index (χ2n) is 4.03. The monoisotopic (exact) mass is 316 g/mol. The molecule has 0 saturated heterocycles. The van der Waals surface area contributed by atoms with Crippen LogP contribution in [0.1, 0.15) is 43.2 Å². The van der Waals surface area contributed by atoms with E-state index in [0.29, 0.717) is 18.3 Å². The molecule has 82 valence electrons. The lowest BCUT2D eigenvalue weighted by Gasteiger charge is -2.13. The number of hydrogen-bond acceptors (Lipinski definition) is 1. The summed E-state index contributed by atoms with van der Waals surface area (Å²) < 4.78 is 1.13. The van der Waals surface area contributed by atoms with Crippen LogP contribution in [0.25, 0.3) is 0 Å². The molecular formula is C13H17IO. The van der Waals surface area contributed by atoms with Crippen molar-refractivity contribution < 1.29 is 4.79 Å². The maximum absolute atomic E-state index is 10.5. The zero-order valence-electron chi connectivity index (χ0n) is 9.24. The Morgan fingerprint density at radius 3 is 2.40 bits per heavy atom. The van der Waals surface area contributed by atoms with Crippen LogP contribution in [0.2, 0.25) is 0 Å². The number of alkyl halides is 1. The molecule has 1 aromatic rings. The molecule has 2 atom stereocenters. The molecule has 0 radical (unpaired) electrons. The van der Waals surface area contributed by atoms with Crippen LogP contribution < -0.4 is 0 Å². The normalized spacial score (nSPS) is 14.6. The van der Waals surface area contributed by atoms with Gasteiger partial charge in [0.25, 0.3) is 0 Å². The molecule has 0 aliphatic heterocycles. The number of halogens is 1. The highest BCUT2D eigenvalue weighted by Gasteiger charge is 2.08. The van der Waals surface area contributed by atoms with E-state index >= 15 is 0 Å². The molecule has 0 bridgehead atoms. The summed E-state index contributed by atoms with van der Waals surface area (Å²) in [4.78, 5) is 10.5. The van der Waals surface area contributed by atoms with Gasteiger partial charge in [0.15, 0.2) is 0 Å². The number of carbonyl (C=O) groups excluding carboxylic acids is 1. The summed E-state index contributed by atoms with van der Waals surface area (Å²) in [6.45, 7) is 4.33. The molecule has 2 heteroatoms. The number of benzene rings is 1. The SMILES string of the molecule is CC(CI)c1cccc(C(C)CC=O)c1. The van der Waals surface area contributed by atoms with E-state index in [-0.39, 0.29) is 0 Å². The van der Waals surface area contributed by atoms with E-state index in [2.05, 4.69) is 60.7 Å². The van der Waals surface area contributed by atoms with Crippen LogP contribution in [0.3, 0.4) is 0 Å². The first-order valence-corrected chi connectivity index (χ1v) is 6.81. The van der Waals surface area contributed by atoms with Crippen molar-refractivity contribution in [2.24, 2.45) is 0 Å². The summed E-state index contributed by atoms with van der Waals surface area (Å²) in [5, 5.41) is 0. The maximum atomic E-state index is 10.5. The van der Waals surface area contributed by atoms with E-state index in [0.717, 1.165) is 10.7 Å². The van der Waals surface area contributed by atoms with E-state index in [4.69, 9.17) is 0 Å². The van der Waals surface area contributed by atoms with Gasteiger partial charge in [-0.2, -0.15) is 0 Å². The van der Waals surface area contributed by atoms with Crippen molar-refractivity contribution in [1.82, 2.24) is 0 Å². The molecule has 15 heavy (non-hydrogen) atoms. The molecule has 0 saturated carbocycles. The minimum absolute atomic E-state index is 0.337. The molecular weight excluding hydrogens is 299 g/mol. The highest BCUT2D eigenvalue weighted by atomic mass is 127. The van der Waals surface area contributed by atoms with Gasteiger partial charge in [-0.05, 0) is 23.0 Å². The number of aldehydes is 1. The van der Waals surface area contributed by atoms with Gasteiger partial charge in [0, 0.05) is 10.8 Å². The Labute approximate surface area is 105 Å². The van der Waals surface area contributed by atoms with Crippen LogP contribution in [-0.4, -0.2) is 10.7 Å². The van der Waals surface area contributed by atoms with E-state index in [1.165, 1.54) is 11.1 Å². The molecule has 1 aromatic carbocycles. The van der Waals surface area contributed by atoms with Crippen LogP contribution in [0.15, 0.2) is 24.3 Å². The molecule has 0 fully saturated rings. The molecule has 0 heterocycles. The van der Waals surface area contributed by atoms with Crippen molar-refractivity contribution >= 4 is 28.9 Å². The number of rotatable bonds is 5. The van der Waals surface area contributed by atoms with Gasteiger partial charge in [0.1, 0.15) is 6.29 Å². The summed E-state index contributed by atoms with van der Waals surface area (Å²) in [7, 11) is 0. The third-order valence-corrected chi connectivity index (χ3v) is 4.05. The predicted octanol–water partition coefficient (Wildman–Crippen LogP) is 3.92. The molecule has 0 N–H and O–H groups in total. The zero-order valence-corrected chi connectivity index (χ0v) is 11.4. The first kappa shape index (κ1) is 12.7. The molecule has 0 amide bonds. The Hall–Kier alpha value is -0.380. The van der Waals surface area contributed by atoms with Gasteiger partial charge in [0.2, 0.25) is 0 Å². The van der Waals surface area contributed by atoms with Crippen molar-refractivity contribution in [2.75, 3.05) is 4.43 Å². The van der Waals surface area contributed by atoms with Gasteiger partial charge in [0.05, 0.1) is 0 Å². The fourth-order valence-corrected chi connectivity index (χ4v) is 2.05. The highest BCUT2D eigenvalue weighted by Crippen LogP contribution is 2.23. The Bertz CT molecular complexity index is 322. The lowest BCUT2D eigenvalue weighted by Crippen LogP contribution is -1.99. The fraction of sp³-hybridized carbons (Fsp3) is 0.462. The van der Waals surface area contributed by atoms with Crippen LogP contribution in [0.4, 0.5) is 0 Å². The van der Waals surface area contributed by atoms with Gasteiger partial charge in [-0.25, -0.2) is 0 Å². The van der Waals surface area contributed by atoms with Gasteiger partial charge in [-0.1, -0.05) is 60.7 Å². The maximum Gasteiger partial charge on any atom is 0.120 e. The van der Waals surface area contributed by atoms with Gasteiger partial charge < -0.3 is 4.79 Å². The third-order valence-electron chi connectivity index (χ3n) is 2.73. The van der Waals surface area contributed by atoms with E-state index in [1.807, 2.05) is 0 Å². The van der Waals surface area contributed by atoms with Crippen LogP contribution in [0, 0.1) is 0 Å². The lowest BCUT2D eigenvalue weighted by molar-refractivity contribution is -0.108. The predicted molar refractivity (Wildman–Crippen MR) is 72.8 cm³/mol. The summed E-state index contributed by atoms with van der Waals surface area (Å²) >= 11 is 2.41. The molecule has 0 spiro atoms. The molecule has 0 aliphatic rings. The van der Waals surface area contributed by atoms with Crippen molar-refractivity contribution in [1.29, 1.82) is 0 Å². The highest BCUT2D eigenvalue weighted by molar-refractivity contribution is 14.1. The molecule has 0 aliphatic carbocycles. The first-order valence-electron chi connectivity index (χ1n) is 5.28. The Balaban J connectivity index is 2.86. The number of carbonyl (C=O) groups is 1. The first-order chi connectivity index (χ1) is 7.19. The summed E-state index contributed by atoms with van der Waals surface area (Å²) in [5.41, 5.74) is 2.65. The van der Waals surface area contributed by atoms with E-state index < -0.39 is 0 Å². The van der Waals surface area contributed by atoms with Crippen molar-refractivity contribution in [3.63, 3.8) is 0 Å². The van der Waals surface area contributed by atoms with Gasteiger partial charge >= 0.3 is 0 Å². The van der Waals surface area contributed by atoms with Gasteiger partial charge in [-0.15, -0.1) is 0 Å². The average molecular weight is 316 g/mol. The second-order valence-corrected chi connectivity index (χ2v) is 4.91. The van der Waals surface area contributed by atoms with Crippen molar-refractivity contribution in [3.05, 3.63) is 35.4 Å². The largest absolute Gasteiger partial charge is 0.303 e. The zero-order chi connectivity index (χ0) is 11.3. The summed E-state index contributed by atoms with van der Waals surface area (Å²) in [6, 6.07) is 8.60. The van der Waals surface area contributed by atoms with Crippen molar-refractivity contribution in [2.45, 2.75) is 32.1 Å². The molecule has 2 unspecified atom stereocenters. The van der Waals surface area contributed by atoms with Crippen LogP contribution in [0.5, 0.6) is 0 Å². The average Bonchev–Trinajstić information content (AvgIpc) is 2.28. The molecule has 0 aromatic heterocycles. The molecule has 1 nitrogen and oxygen atoms in total. The summed E-state index contributed by atoms with van der Waals surface area (Å²) in [6.07, 6.45) is 1.61.